The molecule has 6 unspecified atom stereocenters. The van der Waals surface area contributed by atoms with Crippen LogP contribution in [0.2, 0.25) is 0 Å². The van der Waals surface area contributed by atoms with E-state index in [-0.39, 0.29) is 6.08 Å². The average molecular weight is 438 g/mol. The first-order chi connectivity index (χ1) is 13.7. The smallest absolute Gasteiger partial charge is 0.331 e. The predicted molar refractivity (Wildman–Crippen MR) is 89.5 cm³/mol. The second-order valence-electron chi connectivity index (χ2n) is 6.68. The van der Waals surface area contributed by atoms with E-state index in [1.807, 2.05) is 0 Å². The van der Waals surface area contributed by atoms with E-state index in [9.17, 15) is 54.9 Å². The number of aliphatic carboxylic acids is 1. The van der Waals surface area contributed by atoms with Crippen LogP contribution in [0.3, 0.4) is 0 Å². The van der Waals surface area contributed by atoms with Crippen LogP contribution in [0.5, 0.6) is 0 Å². The molecule has 14 nitrogen and oxygen atoms in total. The van der Waals surface area contributed by atoms with E-state index in [1.165, 1.54) is 0 Å². The summed E-state index contributed by atoms with van der Waals surface area (Å²) in [6, 6.07) is 0. The Labute approximate surface area is 167 Å². The molecular formula is C16H22O14. The van der Waals surface area contributed by atoms with Crippen LogP contribution in [0.15, 0.2) is 11.6 Å². The zero-order valence-corrected chi connectivity index (χ0v) is 15.2. The third-order valence-corrected chi connectivity index (χ3v) is 4.82. The van der Waals surface area contributed by atoms with Crippen molar-refractivity contribution >= 4 is 23.3 Å². The minimum absolute atomic E-state index is 0.0195. The van der Waals surface area contributed by atoms with E-state index in [2.05, 4.69) is 0 Å². The highest BCUT2D eigenvalue weighted by Crippen LogP contribution is 2.46. The third-order valence-electron chi connectivity index (χ3n) is 4.82. The van der Waals surface area contributed by atoms with Gasteiger partial charge in [0.15, 0.2) is 17.0 Å². The molecule has 0 saturated carbocycles. The second-order valence-corrected chi connectivity index (χ2v) is 6.68. The summed E-state index contributed by atoms with van der Waals surface area (Å²) in [7, 11) is 0. The number of aliphatic hydroxyl groups excluding tert-OH is 6. The molecule has 0 aromatic heterocycles. The van der Waals surface area contributed by atoms with Crippen molar-refractivity contribution in [3.8, 4) is 0 Å². The normalized spacial score (nSPS) is 32.0. The molecule has 0 aromatic carbocycles. The number of aliphatic hydroxyl groups is 9. The van der Waals surface area contributed by atoms with Gasteiger partial charge in [-0.15, -0.1) is 0 Å². The number of ketones is 3. The maximum atomic E-state index is 12.6. The van der Waals surface area contributed by atoms with Crippen molar-refractivity contribution in [2.75, 3.05) is 19.8 Å². The van der Waals surface area contributed by atoms with Gasteiger partial charge in [-0.3, -0.25) is 14.4 Å². The highest BCUT2D eigenvalue weighted by atomic mass is 16.4. The molecule has 0 bridgehead atoms. The number of carboxylic acid groups (broad SMARTS) is 1. The number of hydrogen-bond acceptors (Lipinski definition) is 13. The Morgan fingerprint density at radius 3 is 1.60 bits per heavy atom. The summed E-state index contributed by atoms with van der Waals surface area (Å²) >= 11 is 0. The molecule has 1 aliphatic carbocycles. The molecule has 0 aliphatic heterocycles. The second kappa shape index (κ2) is 8.93. The van der Waals surface area contributed by atoms with Gasteiger partial charge < -0.3 is 51.1 Å². The molecule has 0 saturated heterocycles. The van der Waals surface area contributed by atoms with Gasteiger partial charge in [-0.2, -0.15) is 0 Å². The van der Waals surface area contributed by atoms with Crippen molar-refractivity contribution < 1.29 is 70.2 Å². The summed E-state index contributed by atoms with van der Waals surface area (Å²) in [5.41, 5.74) is -13.1. The highest BCUT2D eigenvalue weighted by Gasteiger charge is 2.75. The lowest BCUT2D eigenvalue weighted by Gasteiger charge is -2.52. The minimum Gasteiger partial charge on any atom is -0.478 e. The van der Waals surface area contributed by atoms with Crippen LogP contribution >= 0.6 is 0 Å². The Balaban J connectivity index is 4.04. The molecule has 170 valence electrons. The van der Waals surface area contributed by atoms with Crippen LogP contribution in [0.4, 0.5) is 0 Å². The van der Waals surface area contributed by atoms with Crippen LogP contribution in [-0.4, -0.2) is 129 Å². The zero-order chi connectivity index (χ0) is 23.7. The molecule has 6 atom stereocenters. The van der Waals surface area contributed by atoms with Crippen molar-refractivity contribution in [2.45, 2.75) is 41.5 Å². The molecule has 14 heteroatoms. The first kappa shape index (κ1) is 25.9. The Morgan fingerprint density at radius 2 is 1.20 bits per heavy atom. The Kier molecular flexibility index (Phi) is 7.70. The summed E-state index contributed by atoms with van der Waals surface area (Å²) in [4.78, 5) is 49.1. The molecule has 0 spiro atoms. The van der Waals surface area contributed by atoms with Gasteiger partial charge in [0.1, 0.15) is 18.3 Å². The first-order valence-electron chi connectivity index (χ1n) is 8.31. The fourth-order valence-corrected chi connectivity index (χ4v) is 3.19. The number of Topliss-reactive ketones (excluding diaryl/α,β-unsaturated/α-hetero) is 3. The lowest BCUT2D eigenvalue weighted by Crippen LogP contribution is -2.81. The molecule has 0 aromatic rings. The summed E-state index contributed by atoms with van der Waals surface area (Å²) < 4.78 is 0. The maximum absolute atomic E-state index is 12.6. The van der Waals surface area contributed by atoms with Gasteiger partial charge in [0.05, 0.1) is 19.8 Å². The Bertz CT molecular complexity index is 761. The highest BCUT2D eigenvalue weighted by molar-refractivity contribution is 6.12. The number of carbonyl (C=O) groups excluding carboxylic acids is 3. The standard InChI is InChI=1S/C16H22O14/c17-3-7(20)10(23)14(28)1-6(13(26)27)2-15(29,11(24)8(21)4-18)16(14,30)12(25)9(22)5-19/h1,7-9,17-22,28-30H,2-5H2,(H,26,27). The predicted octanol–water partition coefficient (Wildman–Crippen LogP) is -6.64. The van der Waals surface area contributed by atoms with E-state index in [0.717, 1.165) is 0 Å². The van der Waals surface area contributed by atoms with Crippen LogP contribution in [0, 0.1) is 0 Å². The lowest BCUT2D eigenvalue weighted by molar-refractivity contribution is -0.234. The molecular weight excluding hydrogens is 416 g/mol. The zero-order valence-electron chi connectivity index (χ0n) is 15.2. The summed E-state index contributed by atoms with van der Waals surface area (Å²) in [5, 5.41) is 97.9. The molecule has 0 radical (unpaired) electrons. The van der Waals surface area contributed by atoms with Gasteiger partial charge >= 0.3 is 5.97 Å². The summed E-state index contributed by atoms with van der Waals surface area (Å²) in [6.45, 7) is -4.29. The average Bonchev–Trinajstić information content (AvgIpc) is 2.73. The minimum atomic E-state index is -4.18. The third kappa shape index (κ3) is 3.68. The molecule has 1 rings (SSSR count). The fraction of sp³-hybridized carbons (Fsp3) is 0.625. The van der Waals surface area contributed by atoms with Crippen molar-refractivity contribution in [2.24, 2.45) is 0 Å². The van der Waals surface area contributed by atoms with Crippen molar-refractivity contribution in [1.29, 1.82) is 0 Å². The van der Waals surface area contributed by atoms with Crippen LogP contribution < -0.4 is 0 Å². The quantitative estimate of drug-likeness (QED) is 0.152. The van der Waals surface area contributed by atoms with Gasteiger partial charge in [-0.1, -0.05) is 0 Å². The van der Waals surface area contributed by atoms with Crippen molar-refractivity contribution in [1.82, 2.24) is 0 Å². The van der Waals surface area contributed by atoms with Gasteiger partial charge in [-0.05, 0) is 6.08 Å². The molecule has 0 fully saturated rings. The monoisotopic (exact) mass is 438 g/mol. The Morgan fingerprint density at radius 1 is 0.800 bits per heavy atom. The fourth-order valence-electron chi connectivity index (χ4n) is 3.19. The SMILES string of the molecule is O=C(O)C1=CC(O)(C(=O)C(O)CO)C(O)(C(=O)C(O)CO)C(O)(C(=O)C(O)CO)C1. The lowest BCUT2D eigenvalue weighted by atomic mass is 9.57. The van der Waals surface area contributed by atoms with Crippen molar-refractivity contribution in [3.63, 3.8) is 0 Å². The molecule has 0 amide bonds. The molecule has 0 heterocycles. The van der Waals surface area contributed by atoms with Crippen LogP contribution in [0.1, 0.15) is 6.42 Å². The van der Waals surface area contributed by atoms with Crippen LogP contribution in [-0.2, 0) is 19.2 Å². The number of hydrogen-bond donors (Lipinski definition) is 10. The molecule has 30 heavy (non-hydrogen) atoms. The van der Waals surface area contributed by atoms with E-state index in [1.54, 1.807) is 0 Å². The topological polar surface area (TPSA) is 271 Å². The van der Waals surface area contributed by atoms with Gasteiger partial charge in [0.25, 0.3) is 0 Å². The van der Waals surface area contributed by atoms with Crippen LogP contribution in [0.25, 0.3) is 0 Å². The van der Waals surface area contributed by atoms with Crippen molar-refractivity contribution in [3.05, 3.63) is 11.6 Å². The maximum Gasteiger partial charge on any atom is 0.331 e. The molecule has 10 N–H and O–H groups in total. The van der Waals surface area contributed by atoms with E-state index in [0.29, 0.717) is 0 Å². The molecule has 1 aliphatic rings. The van der Waals surface area contributed by atoms with E-state index < -0.39 is 90.2 Å². The largest absolute Gasteiger partial charge is 0.478 e. The summed E-state index contributed by atoms with van der Waals surface area (Å²) in [6.07, 6.45) is -9.27. The van der Waals surface area contributed by atoms with Gasteiger partial charge in [0.2, 0.25) is 17.2 Å². The summed E-state index contributed by atoms with van der Waals surface area (Å²) in [5.74, 6) is -8.22. The Hall–Kier alpha value is -2.14. The van der Waals surface area contributed by atoms with E-state index in [4.69, 9.17) is 15.3 Å². The number of rotatable bonds is 10. The van der Waals surface area contributed by atoms with Gasteiger partial charge in [-0.25, -0.2) is 4.79 Å². The first-order valence-corrected chi connectivity index (χ1v) is 8.31. The van der Waals surface area contributed by atoms with E-state index >= 15 is 0 Å². The van der Waals surface area contributed by atoms with Gasteiger partial charge in [0, 0.05) is 12.0 Å². The number of carbonyl (C=O) groups is 4. The number of carboxylic acids is 1.